The van der Waals surface area contributed by atoms with Crippen LogP contribution in [-0.2, 0) is 0 Å². The number of aromatic nitrogens is 2. The van der Waals surface area contributed by atoms with Gasteiger partial charge in [-0.25, -0.2) is 9.97 Å². The lowest BCUT2D eigenvalue weighted by molar-refractivity contribution is 0.570. The summed E-state index contributed by atoms with van der Waals surface area (Å²) in [5, 5.41) is 0. The van der Waals surface area contributed by atoms with Crippen molar-refractivity contribution in [2.75, 3.05) is 18.0 Å². The van der Waals surface area contributed by atoms with Gasteiger partial charge in [-0.1, -0.05) is 13.8 Å². The van der Waals surface area contributed by atoms with Gasteiger partial charge in [-0.05, 0) is 35.2 Å². The third kappa shape index (κ3) is 2.73. The molecule has 3 nitrogen and oxygen atoms in total. The first kappa shape index (κ1) is 11.8. The summed E-state index contributed by atoms with van der Waals surface area (Å²) < 4.78 is 0.895. The summed E-state index contributed by atoms with van der Waals surface area (Å²) in [6.45, 7) is 6.51. The summed E-state index contributed by atoms with van der Waals surface area (Å²) in [7, 11) is 0. The molecule has 1 saturated heterocycles. The minimum atomic E-state index is 0.376. The number of rotatable bonds is 2. The zero-order chi connectivity index (χ0) is 11.5. The standard InChI is InChI=1S/C12H18BrN3/c1-9(2)12-14-10(13)8-11(15-12)16-6-4-3-5-7-16/h8-9H,3-7H2,1-2H3. The minimum Gasteiger partial charge on any atom is -0.356 e. The molecule has 2 heterocycles. The fraction of sp³-hybridized carbons (Fsp3) is 0.667. The summed E-state index contributed by atoms with van der Waals surface area (Å²) in [5.74, 6) is 2.38. The Hall–Kier alpha value is -0.640. The molecule has 0 saturated carbocycles. The van der Waals surface area contributed by atoms with E-state index >= 15 is 0 Å². The van der Waals surface area contributed by atoms with Crippen LogP contribution in [0.1, 0.15) is 44.9 Å². The summed E-state index contributed by atoms with van der Waals surface area (Å²) in [4.78, 5) is 11.4. The molecule has 2 rings (SSSR count). The summed E-state index contributed by atoms with van der Waals surface area (Å²) >= 11 is 3.47. The molecule has 0 unspecified atom stereocenters. The first-order valence-electron chi connectivity index (χ1n) is 5.96. The van der Waals surface area contributed by atoms with Crippen molar-refractivity contribution in [2.24, 2.45) is 0 Å². The average Bonchev–Trinajstić information content (AvgIpc) is 2.29. The highest BCUT2D eigenvalue weighted by Crippen LogP contribution is 2.22. The lowest BCUT2D eigenvalue weighted by atomic mass is 10.1. The van der Waals surface area contributed by atoms with E-state index in [1.54, 1.807) is 0 Å². The maximum atomic E-state index is 4.64. The topological polar surface area (TPSA) is 29.0 Å². The van der Waals surface area contributed by atoms with Crippen molar-refractivity contribution in [1.82, 2.24) is 9.97 Å². The van der Waals surface area contributed by atoms with Crippen molar-refractivity contribution < 1.29 is 0 Å². The Balaban J connectivity index is 2.25. The third-order valence-corrected chi connectivity index (χ3v) is 3.30. The number of hydrogen-bond donors (Lipinski definition) is 0. The monoisotopic (exact) mass is 283 g/mol. The van der Waals surface area contributed by atoms with Crippen LogP contribution in [0.15, 0.2) is 10.7 Å². The van der Waals surface area contributed by atoms with Crippen LogP contribution >= 0.6 is 15.9 Å². The summed E-state index contributed by atoms with van der Waals surface area (Å²) in [6.07, 6.45) is 3.90. The maximum Gasteiger partial charge on any atom is 0.134 e. The Kier molecular flexibility index (Phi) is 3.79. The molecular weight excluding hydrogens is 266 g/mol. The minimum absolute atomic E-state index is 0.376. The fourth-order valence-corrected chi connectivity index (χ4v) is 2.35. The molecule has 16 heavy (non-hydrogen) atoms. The summed E-state index contributed by atoms with van der Waals surface area (Å²) in [6, 6.07) is 2.02. The van der Waals surface area contributed by atoms with Gasteiger partial charge >= 0.3 is 0 Å². The second-order valence-electron chi connectivity index (χ2n) is 4.61. The Morgan fingerprint density at radius 1 is 1.19 bits per heavy atom. The van der Waals surface area contributed by atoms with Crippen LogP contribution in [0.25, 0.3) is 0 Å². The Morgan fingerprint density at radius 2 is 1.88 bits per heavy atom. The lowest BCUT2D eigenvalue weighted by Gasteiger charge is -2.28. The molecule has 1 aliphatic heterocycles. The molecular formula is C12H18BrN3. The molecule has 0 amide bonds. The fourth-order valence-electron chi connectivity index (χ4n) is 1.97. The van der Waals surface area contributed by atoms with Crippen molar-refractivity contribution >= 4 is 21.7 Å². The van der Waals surface area contributed by atoms with Crippen molar-refractivity contribution in [3.63, 3.8) is 0 Å². The van der Waals surface area contributed by atoms with Gasteiger partial charge in [-0.2, -0.15) is 0 Å². The van der Waals surface area contributed by atoms with Crippen LogP contribution in [0.5, 0.6) is 0 Å². The van der Waals surface area contributed by atoms with Gasteiger partial charge in [0.25, 0.3) is 0 Å². The smallest absolute Gasteiger partial charge is 0.134 e. The number of piperidine rings is 1. The van der Waals surface area contributed by atoms with Gasteiger partial charge in [-0.3, -0.25) is 0 Å². The highest BCUT2D eigenvalue weighted by atomic mass is 79.9. The largest absolute Gasteiger partial charge is 0.356 e. The van der Waals surface area contributed by atoms with E-state index in [1.807, 2.05) is 6.07 Å². The normalized spacial score (nSPS) is 16.9. The van der Waals surface area contributed by atoms with Crippen molar-refractivity contribution in [3.05, 3.63) is 16.5 Å². The van der Waals surface area contributed by atoms with E-state index in [1.165, 1.54) is 19.3 Å². The van der Waals surface area contributed by atoms with Gasteiger partial charge < -0.3 is 4.90 Å². The summed E-state index contributed by atoms with van der Waals surface area (Å²) in [5.41, 5.74) is 0. The van der Waals surface area contributed by atoms with E-state index in [0.29, 0.717) is 5.92 Å². The van der Waals surface area contributed by atoms with Gasteiger partial charge in [0.15, 0.2) is 0 Å². The molecule has 1 fully saturated rings. The molecule has 1 aromatic heterocycles. The Bertz CT molecular complexity index is 359. The van der Waals surface area contributed by atoms with E-state index in [9.17, 15) is 0 Å². The zero-order valence-corrected chi connectivity index (χ0v) is 11.5. The third-order valence-electron chi connectivity index (χ3n) is 2.90. The van der Waals surface area contributed by atoms with Crippen LogP contribution in [0.4, 0.5) is 5.82 Å². The SMILES string of the molecule is CC(C)c1nc(Br)cc(N2CCCCC2)n1. The molecule has 0 aliphatic carbocycles. The van der Waals surface area contributed by atoms with Crippen molar-refractivity contribution in [1.29, 1.82) is 0 Å². The van der Waals surface area contributed by atoms with E-state index in [4.69, 9.17) is 0 Å². The van der Waals surface area contributed by atoms with Crippen molar-refractivity contribution in [2.45, 2.75) is 39.0 Å². The van der Waals surface area contributed by atoms with Crippen LogP contribution < -0.4 is 4.90 Å². The number of hydrogen-bond acceptors (Lipinski definition) is 3. The van der Waals surface area contributed by atoms with Crippen LogP contribution in [0.3, 0.4) is 0 Å². The number of nitrogens with zero attached hydrogens (tertiary/aromatic N) is 3. The van der Waals surface area contributed by atoms with Crippen LogP contribution in [0.2, 0.25) is 0 Å². The van der Waals surface area contributed by atoms with Gasteiger partial charge in [0.05, 0.1) is 0 Å². The second kappa shape index (κ2) is 5.13. The van der Waals surface area contributed by atoms with Gasteiger partial charge in [0.1, 0.15) is 16.2 Å². The van der Waals surface area contributed by atoms with Gasteiger partial charge in [0, 0.05) is 25.1 Å². The van der Waals surface area contributed by atoms with E-state index < -0.39 is 0 Å². The molecule has 88 valence electrons. The van der Waals surface area contributed by atoms with Gasteiger partial charge in [0.2, 0.25) is 0 Å². The molecule has 0 spiro atoms. The first-order chi connectivity index (χ1) is 7.66. The predicted octanol–water partition coefficient (Wildman–Crippen LogP) is 3.35. The molecule has 0 N–H and O–H groups in total. The number of anilines is 1. The Labute approximate surface area is 105 Å². The molecule has 0 bridgehead atoms. The quantitative estimate of drug-likeness (QED) is 0.780. The van der Waals surface area contributed by atoms with E-state index in [-0.39, 0.29) is 0 Å². The average molecular weight is 284 g/mol. The van der Waals surface area contributed by atoms with E-state index in [0.717, 1.165) is 29.3 Å². The van der Waals surface area contributed by atoms with Crippen LogP contribution in [-0.4, -0.2) is 23.1 Å². The van der Waals surface area contributed by atoms with Crippen molar-refractivity contribution in [3.8, 4) is 0 Å². The molecule has 4 heteroatoms. The number of halogens is 1. The molecule has 0 radical (unpaired) electrons. The molecule has 0 atom stereocenters. The molecule has 1 aromatic rings. The molecule has 1 aliphatic rings. The van der Waals surface area contributed by atoms with Gasteiger partial charge in [-0.15, -0.1) is 0 Å². The maximum absolute atomic E-state index is 4.64. The highest BCUT2D eigenvalue weighted by Gasteiger charge is 2.14. The molecule has 0 aromatic carbocycles. The first-order valence-corrected chi connectivity index (χ1v) is 6.75. The highest BCUT2D eigenvalue weighted by molar-refractivity contribution is 9.10. The predicted molar refractivity (Wildman–Crippen MR) is 69.9 cm³/mol. The Morgan fingerprint density at radius 3 is 2.50 bits per heavy atom. The zero-order valence-electron chi connectivity index (χ0n) is 9.91. The lowest BCUT2D eigenvalue weighted by Crippen LogP contribution is -2.30. The van der Waals surface area contributed by atoms with E-state index in [2.05, 4.69) is 44.6 Å². The van der Waals surface area contributed by atoms with Crippen LogP contribution in [0, 0.1) is 0 Å². The second-order valence-corrected chi connectivity index (χ2v) is 5.42.